The first-order chi connectivity index (χ1) is 15.0. The molecule has 0 spiro atoms. The number of hydrogen-bond acceptors (Lipinski definition) is 8. The standard InChI is InChI=1S/C18H30N6O7S/c1-32-6-4-9(19)17(29)24-5-2-3-12(24)16(28)22-10(7-13(20)25)15(27)23-11(18(30)31)8-14(21)26/h9-12H,2-8,19H2,1H3,(H2,20,25)(H2,21,26)(H,22,28)(H,23,27)(H,30,31). The first-order valence-electron chi connectivity index (χ1n) is 9.93. The van der Waals surface area contributed by atoms with Crippen molar-refractivity contribution in [3.8, 4) is 0 Å². The summed E-state index contributed by atoms with van der Waals surface area (Å²) in [5.41, 5.74) is 16.1. The summed E-state index contributed by atoms with van der Waals surface area (Å²) in [6, 6.07) is -4.82. The first kappa shape index (κ1) is 27.2. The Hall–Kier alpha value is -2.87. The number of thioether (sulfide) groups is 1. The van der Waals surface area contributed by atoms with Gasteiger partial charge >= 0.3 is 5.97 Å². The average molecular weight is 475 g/mol. The van der Waals surface area contributed by atoms with Crippen molar-refractivity contribution in [1.82, 2.24) is 15.5 Å². The van der Waals surface area contributed by atoms with E-state index in [1.165, 1.54) is 16.7 Å². The molecule has 0 bridgehead atoms. The quantitative estimate of drug-likeness (QED) is 0.158. The molecule has 1 fully saturated rings. The van der Waals surface area contributed by atoms with E-state index in [4.69, 9.17) is 22.3 Å². The third-order valence-electron chi connectivity index (χ3n) is 4.85. The van der Waals surface area contributed by atoms with Gasteiger partial charge in [-0.1, -0.05) is 0 Å². The Morgan fingerprint density at radius 2 is 1.66 bits per heavy atom. The molecule has 1 heterocycles. The van der Waals surface area contributed by atoms with Crippen molar-refractivity contribution in [2.75, 3.05) is 18.6 Å². The predicted octanol–water partition coefficient (Wildman–Crippen LogP) is -3.14. The van der Waals surface area contributed by atoms with Gasteiger partial charge in [0.1, 0.15) is 18.1 Å². The second kappa shape index (κ2) is 12.9. The van der Waals surface area contributed by atoms with Gasteiger partial charge < -0.3 is 37.8 Å². The van der Waals surface area contributed by atoms with Crippen LogP contribution in [-0.4, -0.2) is 88.2 Å². The highest BCUT2D eigenvalue weighted by Crippen LogP contribution is 2.19. The van der Waals surface area contributed by atoms with E-state index in [2.05, 4.69) is 10.6 Å². The van der Waals surface area contributed by atoms with Crippen LogP contribution < -0.4 is 27.8 Å². The SMILES string of the molecule is CSCCC(N)C(=O)N1CCCC1C(=O)NC(CC(N)=O)C(=O)NC(CC(N)=O)C(=O)O. The molecule has 0 aromatic carbocycles. The maximum Gasteiger partial charge on any atom is 0.326 e. The van der Waals surface area contributed by atoms with Crippen LogP contribution in [0, 0.1) is 0 Å². The Morgan fingerprint density at radius 3 is 2.19 bits per heavy atom. The van der Waals surface area contributed by atoms with E-state index in [0.717, 1.165) is 0 Å². The minimum atomic E-state index is -1.65. The summed E-state index contributed by atoms with van der Waals surface area (Å²) in [6.07, 6.45) is 1.90. The second-order valence-electron chi connectivity index (χ2n) is 7.38. The largest absolute Gasteiger partial charge is 0.480 e. The molecule has 32 heavy (non-hydrogen) atoms. The molecular formula is C18H30N6O7S. The summed E-state index contributed by atoms with van der Waals surface area (Å²) in [5.74, 6) is -4.85. The number of carbonyl (C=O) groups is 6. The number of nitrogens with two attached hydrogens (primary N) is 3. The molecule has 4 unspecified atom stereocenters. The maximum atomic E-state index is 12.8. The summed E-state index contributed by atoms with van der Waals surface area (Å²) in [5, 5.41) is 13.6. The van der Waals surface area contributed by atoms with Gasteiger partial charge in [-0.2, -0.15) is 11.8 Å². The number of carbonyl (C=O) groups excluding carboxylic acids is 5. The van der Waals surface area contributed by atoms with Crippen LogP contribution >= 0.6 is 11.8 Å². The van der Waals surface area contributed by atoms with Gasteiger partial charge in [-0.3, -0.25) is 24.0 Å². The van der Waals surface area contributed by atoms with Crippen molar-refractivity contribution in [3.63, 3.8) is 0 Å². The number of carboxylic acid groups (broad SMARTS) is 1. The summed E-state index contributed by atoms with van der Waals surface area (Å²) in [4.78, 5) is 73.0. The Morgan fingerprint density at radius 1 is 1.06 bits per heavy atom. The summed E-state index contributed by atoms with van der Waals surface area (Å²) < 4.78 is 0. The van der Waals surface area contributed by atoms with Gasteiger partial charge in [-0.25, -0.2) is 4.79 Å². The van der Waals surface area contributed by atoms with Crippen LogP contribution in [0.3, 0.4) is 0 Å². The number of likely N-dealkylation sites (tertiary alicyclic amines) is 1. The van der Waals surface area contributed by atoms with Gasteiger partial charge in [0.15, 0.2) is 0 Å². The van der Waals surface area contributed by atoms with E-state index in [9.17, 15) is 28.8 Å². The third kappa shape index (κ3) is 8.34. The molecule has 9 N–H and O–H groups in total. The average Bonchev–Trinajstić information content (AvgIpc) is 3.19. The van der Waals surface area contributed by atoms with Gasteiger partial charge in [0.05, 0.1) is 18.9 Å². The number of carboxylic acids is 1. The van der Waals surface area contributed by atoms with Crippen molar-refractivity contribution in [1.29, 1.82) is 0 Å². The first-order valence-corrected chi connectivity index (χ1v) is 11.3. The van der Waals surface area contributed by atoms with Crippen molar-refractivity contribution in [2.45, 2.75) is 56.3 Å². The molecule has 180 valence electrons. The number of nitrogens with zero attached hydrogens (tertiary/aromatic N) is 1. The molecule has 0 saturated carbocycles. The van der Waals surface area contributed by atoms with Crippen molar-refractivity contribution >= 4 is 47.3 Å². The fraction of sp³-hybridized carbons (Fsp3) is 0.667. The zero-order valence-electron chi connectivity index (χ0n) is 17.7. The van der Waals surface area contributed by atoms with Gasteiger partial charge in [-0.15, -0.1) is 0 Å². The lowest BCUT2D eigenvalue weighted by atomic mass is 10.1. The van der Waals surface area contributed by atoms with Gasteiger partial charge in [0.2, 0.25) is 29.5 Å². The minimum absolute atomic E-state index is 0.316. The van der Waals surface area contributed by atoms with Crippen LogP contribution in [0.4, 0.5) is 0 Å². The molecule has 4 atom stereocenters. The molecule has 0 radical (unpaired) electrons. The number of amides is 5. The van der Waals surface area contributed by atoms with Gasteiger partial charge in [0.25, 0.3) is 0 Å². The number of nitrogens with one attached hydrogen (secondary N) is 2. The van der Waals surface area contributed by atoms with Crippen molar-refractivity contribution in [3.05, 3.63) is 0 Å². The number of primary amides is 2. The van der Waals surface area contributed by atoms with Crippen LogP contribution in [0.5, 0.6) is 0 Å². The topological polar surface area (TPSA) is 228 Å². The second-order valence-corrected chi connectivity index (χ2v) is 8.36. The molecule has 1 aliphatic rings. The molecule has 13 nitrogen and oxygen atoms in total. The molecule has 0 aliphatic carbocycles. The van der Waals surface area contributed by atoms with E-state index in [1.54, 1.807) is 0 Å². The molecule has 0 aromatic rings. The summed E-state index contributed by atoms with van der Waals surface area (Å²) in [6.45, 7) is 0.316. The van der Waals surface area contributed by atoms with E-state index < -0.39 is 66.6 Å². The zero-order valence-corrected chi connectivity index (χ0v) is 18.6. The molecule has 0 aromatic heterocycles. The molecular weight excluding hydrogens is 444 g/mol. The van der Waals surface area contributed by atoms with E-state index in [0.29, 0.717) is 31.6 Å². The highest BCUT2D eigenvalue weighted by Gasteiger charge is 2.38. The molecule has 14 heteroatoms. The Labute approximate surface area is 189 Å². The van der Waals surface area contributed by atoms with Gasteiger partial charge in [-0.05, 0) is 31.3 Å². The summed E-state index contributed by atoms with van der Waals surface area (Å²) >= 11 is 1.54. The van der Waals surface area contributed by atoms with Crippen LogP contribution in [0.2, 0.25) is 0 Å². The van der Waals surface area contributed by atoms with E-state index in [1.807, 2.05) is 6.26 Å². The fourth-order valence-corrected chi connectivity index (χ4v) is 3.73. The lowest BCUT2D eigenvalue weighted by Crippen LogP contribution is -2.57. The van der Waals surface area contributed by atoms with Crippen LogP contribution in [-0.2, 0) is 28.8 Å². The van der Waals surface area contributed by atoms with Crippen LogP contribution in [0.15, 0.2) is 0 Å². The smallest absolute Gasteiger partial charge is 0.326 e. The zero-order chi connectivity index (χ0) is 24.4. The fourth-order valence-electron chi connectivity index (χ4n) is 3.24. The lowest BCUT2D eigenvalue weighted by Gasteiger charge is -2.28. The number of rotatable bonds is 13. The van der Waals surface area contributed by atoms with Gasteiger partial charge in [0, 0.05) is 6.54 Å². The predicted molar refractivity (Wildman–Crippen MR) is 115 cm³/mol. The molecule has 5 amide bonds. The van der Waals surface area contributed by atoms with Crippen molar-refractivity contribution < 1.29 is 33.9 Å². The van der Waals surface area contributed by atoms with E-state index >= 15 is 0 Å². The Kier molecular flexibility index (Phi) is 10.9. The van der Waals surface area contributed by atoms with Crippen LogP contribution in [0.1, 0.15) is 32.1 Å². The Bertz CT molecular complexity index is 749. The van der Waals surface area contributed by atoms with Crippen LogP contribution in [0.25, 0.3) is 0 Å². The van der Waals surface area contributed by atoms with E-state index in [-0.39, 0.29) is 5.91 Å². The Balaban J connectivity index is 2.91. The number of aliphatic carboxylic acids is 1. The normalized spacial score (nSPS) is 18.3. The number of hydrogen-bond donors (Lipinski definition) is 6. The molecule has 1 rings (SSSR count). The monoisotopic (exact) mass is 474 g/mol. The highest BCUT2D eigenvalue weighted by atomic mass is 32.2. The lowest BCUT2D eigenvalue weighted by molar-refractivity contribution is -0.144. The maximum absolute atomic E-state index is 12.8. The van der Waals surface area contributed by atoms with Crippen molar-refractivity contribution in [2.24, 2.45) is 17.2 Å². The highest BCUT2D eigenvalue weighted by molar-refractivity contribution is 7.98. The molecule has 1 saturated heterocycles. The molecule has 1 aliphatic heterocycles. The summed E-state index contributed by atoms with van der Waals surface area (Å²) in [7, 11) is 0. The minimum Gasteiger partial charge on any atom is -0.480 e. The third-order valence-corrected chi connectivity index (χ3v) is 5.49.